The third-order valence-corrected chi connectivity index (χ3v) is 4.16. The van der Waals surface area contributed by atoms with Crippen molar-refractivity contribution in [1.29, 1.82) is 0 Å². The zero-order valence-corrected chi connectivity index (χ0v) is 14.9. The number of benzene rings is 1. The van der Waals surface area contributed by atoms with Crippen molar-refractivity contribution in [2.45, 2.75) is 40.7 Å². The maximum Gasteiger partial charge on any atom is 0.273 e. The molecule has 0 saturated heterocycles. The SMILES string of the molecule is Cc1ccc(-n2cc(C(=O)NCC(C)(C)C(O)C(C)C)nn2)cc1. The fourth-order valence-electron chi connectivity index (χ4n) is 2.60. The van der Waals surface area contributed by atoms with Gasteiger partial charge in [-0.15, -0.1) is 5.10 Å². The summed E-state index contributed by atoms with van der Waals surface area (Å²) in [6, 6.07) is 7.81. The second-order valence-electron chi connectivity index (χ2n) is 7.24. The van der Waals surface area contributed by atoms with Crippen molar-refractivity contribution in [3.8, 4) is 5.69 Å². The summed E-state index contributed by atoms with van der Waals surface area (Å²) in [5, 5.41) is 21.0. The fourth-order valence-corrected chi connectivity index (χ4v) is 2.60. The molecule has 2 N–H and O–H groups in total. The average molecular weight is 330 g/mol. The number of aliphatic hydroxyl groups excluding tert-OH is 1. The van der Waals surface area contributed by atoms with E-state index in [4.69, 9.17) is 0 Å². The molecule has 6 nitrogen and oxygen atoms in total. The van der Waals surface area contributed by atoms with Crippen molar-refractivity contribution in [3.05, 3.63) is 41.7 Å². The Labute approximate surface area is 142 Å². The van der Waals surface area contributed by atoms with Crippen molar-refractivity contribution in [3.63, 3.8) is 0 Å². The zero-order valence-electron chi connectivity index (χ0n) is 14.9. The van der Waals surface area contributed by atoms with Crippen LogP contribution in [0.15, 0.2) is 30.5 Å². The summed E-state index contributed by atoms with van der Waals surface area (Å²) in [6.45, 7) is 10.2. The Morgan fingerprint density at radius 1 is 1.29 bits per heavy atom. The number of amides is 1. The van der Waals surface area contributed by atoms with Gasteiger partial charge in [0.15, 0.2) is 5.69 Å². The molecule has 1 atom stereocenters. The van der Waals surface area contributed by atoms with Gasteiger partial charge in [0, 0.05) is 12.0 Å². The molecule has 0 fully saturated rings. The van der Waals surface area contributed by atoms with E-state index in [2.05, 4.69) is 15.6 Å². The lowest BCUT2D eigenvalue weighted by atomic mass is 9.80. The van der Waals surface area contributed by atoms with E-state index in [0.29, 0.717) is 6.54 Å². The molecule has 0 bridgehead atoms. The van der Waals surface area contributed by atoms with E-state index in [1.54, 1.807) is 10.9 Å². The number of nitrogens with zero attached hydrogens (tertiary/aromatic N) is 3. The van der Waals surface area contributed by atoms with Gasteiger partial charge in [0.2, 0.25) is 0 Å². The van der Waals surface area contributed by atoms with Gasteiger partial charge >= 0.3 is 0 Å². The van der Waals surface area contributed by atoms with Crippen LogP contribution in [0.25, 0.3) is 5.69 Å². The molecule has 0 aliphatic rings. The highest BCUT2D eigenvalue weighted by Gasteiger charge is 2.30. The minimum atomic E-state index is -0.499. The Balaban J connectivity index is 2.02. The zero-order chi connectivity index (χ0) is 17.9. The van der Waals surface area contributed by atoms with Gasteiger partial charge < -0.3 is 10.4 Å². The molecule has 0 aliphatic heterocycles. The first-order valence-electron chi connectivity index (χ1n) is 8.16. The summed E-state index contributed by atoms with van der Waals surface area (Å²) in [5.41, 5.74) is 1.84. The predicted octanol–water partition coefficient (Wildman–Crippen LogP) is 2.35. The quantitative estimate of drug-likeness (QED) is 0.852. The molecular weight excluding hydrogens is 304 g/mol. The standard InChI is InChI=1S/C18H26N4O2/c1-12(2)16(23)18(4,5)11-19-17(24)15-10-22(21-20-15)14-8-6-13(3)7-9-14/h6-10,12,16,23H,11H2,1-5H3,(H,19,24). The van der Waals surface area contributed by atoms with Crippen LogP contribution in [0.1, 0.15) is 43.7 Å². The smallest absolute Gasteiger partial charge is 0.273 e. The van der Waals surface area contributed by atoms with E-state index in [1.807, 2.05) is 58.9 Å². The second-order valence-corrected chi connectivity index (χ2v) is 7.24. The number of carbonyl (C=O) groups excluding carboxylic acids is 1. The van der Waals surface area contributed by atoms with Gasteiger partial charge in [-0.1, -0.05) is 50.6 Å². The van der Waals surface area contributed by atoms with Gasteiger partial charge in [-0.2, -0.15) is 0 Å². The number of rotatable bonds is 6. The number of aromatic nitrogens is 3. The molecule has 0 aliphatic carbocycles. The second kappa shape index (κ2) is 7.13. The molecule has 1 aromatic carbocycles. The van der Waals surface area contributed by atoms with Gasteiger partial charge in [-0.25, -0.2) is 4.68 Å². The summed E-state index contributed by atoms with van der Waals surface area (Å²) >= 11 is 0. The average Bonchev–Trinajstić information content (AvgIpc) is 3.02. The lowest BCUT2D eigenvalue weighted by Gasteiger charge is -2.33. The third-order valence-electron chi connectivity index (χ3n) is 4.16. The molecule has 2 aromatic rings. The van der Waals surface area contributed by atoms with Crippen molar-refractivity contribution < 1.29 is 9.90 Å². The number of aliphatic hydroxyl groups is 1. The maximum atomic E-state index is 12.3. The van der Waals surface area contributed by atoms with Crippen LogP contribution in [0.4, 0.5) is 0 Å². The molecule has 0 saturated carbocycles. The monoisotopic (exact) mass is 330 g/mol. The maximum absolute atomic E-state index is 12.3. The summed E-state index contributed by atoms with van der Waals surface area (Å²) in [5.74, 6) is -0.170. The molecule has 24 heavy (non-hydrogen) atoms. The van der Waals surface area contributed by atoms with Gasteiger partial charge in [0.1, 0.15) is 0 Å². The molecule has 6 heteroatoms. The van der Waals surface area contributed by atoms with Gasteiger partial charge in [-0.05, 0) is 25.0 Å². The van der Waals surface area contributed by atoms with Crippen molar-refractivity contribution >= 4 is 5.91 Å². The van der Waals surface area contributed by atoms with Crippen LogP contribution in [-0.4, -0.2) is 38.7 Å². The van der Waals surface area contributed by atoms with Crippen LogP contribution in [0.2, 0.25) is 0 Å². The first kappa shape index (κ1) is 18.1. The summed E-state index contributed by atoms with van der Waals surface area (Å²) in [7, 11) is 0. The number of hydrogen-bond donors (Lipinski definition) is 2. The summed E-state index contributed by atoms with van der Waals surface area (Å²) in [4.78, 5) is 12.3. The lowest BCUT2D eigenvalue weighted by Crippen LogP contribution is -2.43. The highest BCUT2D eigenvalue weighted by molar-refractivity contribution is 5.91. The van der Waals surface area contributed by atoms with E-state index in [0.717, 1.165) is 11.3 Å². The van der Waals surface area contributed by atoms with E-state index >= 15 is 0 Å². The first-order chi connectivity index (χ1) is 11.2. The van der Waals surface area contributed by atoms with E-state index < -0.39 is 11.5 Å². The Morgan fingerprint density at radius 3 is 2.50 bits per heavy atom. The molecular formula is C18H26N4O2. The van der Waals surface area contributed by atoms with Crippen LogP contribution in [0.3, 0.4) is 0 Å². The van der Waals surface area contributed by atoms with Crippen LogP contribution >= 0.6 is 0 Å². The number of hydrogen-bond acceptors (Lipinski definition) is 4. The minimum Gasteiger partial charge on any atom is -0.392 e. The van der Waals surface area contributed by atoms with E-state index in [9.17, 15) is 9.90 Å². The number of aryl methyl sites for hydroxylation is 1. The van der Waals surface area contributed by atoms with Crippen molar-refractivity contribution in [2.24, 2.45) is 11.3 Å². The topological polar surface area (TPSA) is 80.0 Å². The Bertz CT molecular complexity index is 689. The van der Waals surface area contributed by atoms with Crippen LogP contribution < -0.4 is 5.32 Å². The molecule has 2 rings (SSSR count). The Hall–Kier alpha value is -2.21. The highest BCUT2D eigenvalue weighted by atomic mass is 16.3. The van der Waals surface area contributed by atoms with Gasteiger partial charge in [-0.3, -0.25) is 4.79 Å². The Kier molecular flexibility index (Phi) is 5.39. The first-order valence-corrected chi connectivity index (χ1v) is 8.16. The molecule has 1 amide bonds. The largest absolute Gasteiger partial charge is 0.392 e. The van der Waals surface area contributed by atoms with Gasteiger partial charge in [0.25, 0.3) is 5.91 Å². The van der Waals surface area contributed by atoms with Gasteiger partial charge in [0.05, 0.1) is 18.0 Å². The summed E-state index contributed by atoms with van der Waals surface area (Å²) in [6.07, 6.45) is 1.10. The van der Waals surface area contributed by atoms with Crippen LogP contribution in [0.5, 0.6) is 0 Å². The molecule has 1 unspecified atom stereocenters. The fraction of sp³-hybridized carbons (Fsp3) is 0.500. The highest BCUT2D eigenvalue weighted by Crippen LogP contribution is 2.25. The van der Waals surface area contributed by atoms with Crippen molar-refractivity contribution in [2.75, 3.05) is 6.54 Å². The molecule has 0 spiro atoms. The minimum absolute atomic E-state index is 0.124. The third kappa shape index (κ3) is 4.20. The number of carbonyl (C=O) groups is 1. The lowest BCUT2D eigenvalue weighted by molar-refractivity contribution is 0.0138. The summed E-state index contributed by atoms with van der Waals surface area (Å²) < 4.78 is 1.57. The van der Waals surface area contributed by atoms with E-state index in [1.165, 1.54) is 0 Å². The predicted molar refractivity (Wildman–Crippen MR) is 93.1 cm³/mol. The molecule has 1 aromatic heterocycles. The van der Waals surface area contributed by atoms with Crippen LogP contribution in [0, 0.1) is 18.3 Å². The van der Waals surface area contributed by atoms with Crippen LogP contribution in [-0.2, 0) is 0 Å². The van der Waals surface area contributed by atoms with Crippen molar-refractivity contribution in [1.82, 2.24) is 20.3 Å². The number of nitrogens with one attached hydrogen (secondary N) is 1. The molecule has 130 valence electrons. The van der Waals surface area contributed by atoms with E-state index in [-0.39, 0.29) is 17.5 Å². The normalized spacial score (nSPS) is 13.1. The Morgan fingerprint density at radius 2 is 1.92 bits per heavy atom. The molecule has 1 heterocycles. The molecule has 0 radical (unpaired) electrons.